The number of furan rings is 1. The second-order valence-corrected chi connectivity index (χ2v) is 5.08. The Balaban J connectivity index is 1.54. The van der Waals surface area contributed by atoms with E-state index >= 15 is 0 Å². The van der Waals surface area contributed by atoms with Gasteiger partial charge in [0.1, 0.15) is 5.76 Å². The van der Waals surface area contributed by atoms with E-state index in [4.69, 9.17) is 4.42 Å². The van der Waals surface area contributed by atoms with Crippen LogP contribution in [0.2, 0.25) is 0 Å². The molecule has 0 spiro atoms. The van der Waals surface area contributed by atoms with Gasteiger partial charge in [-0.2, -0.15) is 0 Å². The zero-order valence-electron chi connectivity index (χ0n) is 12.0. The summed E-state index contributed by atoms with van der Waals surface area (Å²) in [6.07, 6.45) is 3.07. The minimum Gasteiger partial charge on any atom is -0.467 e. The predicted molar refractivity (Wildman–Crippen MR) is 82.6 cm³/mol. The maximum absolute atomic E-state index is 11.8. The molecule has 3 rings (SSSR count). The molecular formula is C16H17N3O3. The molecule has 6 nitrogen and oxygen atoms in total. The monoisotopic (exact) mass is 299 g/mol. The van der Waals surface area contributed by atoms with Crippen LogP contribution in [0, 0.1) is 0 Å². The molecule has 114 valence electrons. The highest BCUT2D eigenvalue weighted by molar-refractivity contribution is 5.96. The van der Waals surface area contributed by atoms with Crippen LogP contribution < -0.4 is 15.5 Å². The lowest BCUT2D eigenvalue weighted by Crippen LogP contribution is -2.28. The minimum absolute atomic E-state index is 0.150. The zero-order valence-corrected chi connectivity index (χ0v) is 12.0. The second kappa shape index (κ2) is 6.34. The van der Waals surface area contributed by atoms with Crippen molar-refractivity contribution in [1.29, 1.82) is 0 Å². The van der Waals surface area contributed by atoms with Crippen molar-refractivity contribution in [3.05, 3.63) is 48.4 Å². The first-order valence-corrected chi connectivity index (χ1v) is 7.20. The van der Waals surface area contributed by atoms with Crippen LogP contribution in [0.5, 0.6) is 0 Å². The van der Waals surface area contributed by atoms with Crippen molar-refractivity contribution in [3.63, 3.8) is 0 Å². The van der Waals surface area contributed by atoms with Crippen LogP contribution in [0.1, 0.15) is 18.6 Å². The average molecular weight is 299 g/mol. The van der Waals surface area contributed by atoms with Gasteiger partial charge in [-0.25, -0.2) is 4.79 Å². The number of anilines is 2. The van der Waals surface area contributed by atoms with E-state index in [1.54, 1.807) is 35.4 Å². The normalized spacial score (nSPS) is 14.2. The van der Waals surface area contributed by atoms with Gasteiger partial charge in [-0.1, -0.05) is 0 Å². The number of hydrogen-bond acceptors (Lipinski definition) is 3. The number of amides is 3. The number of hydrogen-bond donors (Lipinski definition) is 2. The molecule has 0 atom stereocenters. The van der Waals surface area contributed by atoms with Gasteiger partial charge in [0.05, 0.1) is 12.8 Å². The van der Waals surface area contributed by atoms with Gasteiger partial charge in [0.2, 0.25) is 5.91 Å². The van der Waals surface area contributed by atoms with Crippen molar-refractivity contribution < 1.29 is 14.0 Å². The number of urea groups is 1. The largest absolute Gasteiger partial charge is 0.467 e. The summed E-state index contributed by atoms with van der Waals surface area (Å²) in [5.74, 6) is 0.843. The third-order valence-electron chi connectivity index (χ3n) is 3.51. The predicted octanol–water partition coefficient (Wildman–Crippen LogP) is 2.73. The third kappa shape index (κ3) is 3.28. The van der Waals surface area contributed by atoms with Crippen molar-refractivity contribution >= 4 is 23.3 Å². The molecule has 1 saturated heterocycles. The molecule has 1 aliphatic rings. The number of rotatable bonds is 4. The van der Waals surface area contributed by atoms with Gasteiger partial charge in [-0.15, -0.1) is 0 Å². The van der Waals surface area contributed by atoms with Crippen LogP contribution in [0.4, 0.5) is 16.2 Å². The fourth-order valence-corrected chi connectivity index (χ4v) is 2.40. The average Bonchev–Trinajstić information content (AvgIpc) is 3.17. The molecule has 1 aromatic carbocycles. The molecule has 3 amide bonds. The topological polar surface area (TPSA) is 74.6 Å². The molecule has 2 heterocycles. The molecule has 0 radical (unpaired) electrons. The van der Waals surface area contributed by atoms with Crippen LogP contribution in [-0.4, -0.2) is 18.5 Å². The molecule has 2 aromatic rings. The Kier molecular flexibility index (Phi) is 4.09. The summed E-state index contributed by atoms with van der Waals surface area (Å²) in [4.78, 5) is 25.2. The Morgan fingerprint density at radius 1 is 1.23 bits per heavy atom. The summed E-state index contributed by atoms with van der Waals surface area (Å²) in [5, 5.41) is 5.44. The van der Waals surface area contributed by atoms with E-state index in [-0.39, 0.29) is 11.9 Å². The van der Waals surface area contributed by atoms with Gasteiger partial charge in [0, 0.05) is 24.3 Å². The first kappa shape index (κ1) is 14.2. The minimum atomic E-state index is -0.304. The highest BCUT2D eigenvalue weighted by Crippen LogP contribution is 2.22. The molecule has 1 fully saturated rings. The molecule has 2 N–H and O–H groups in total. The molecule has 22 heavy (non-hydrogen) atoms. The fourth-order valence-electron chi connectivity index (χ4n) is 2.40. The van der Waals surface area contributed by atoms with Crippen LogP contribution >= 0.6 is 0 Å². The summed E-state index contributed by atoms with van der Waals surface area (Å²) in [5.41, 5.74) is 1.54. The van der Waals surface area contributed by atoms with Crippen molar-refractivity contribution in [2.24, 2.45) is 0 Å². The summed E-state index contributed by atoms with van der Waals surface area (Å²) in [7, 11) is 0. The number of nitrogens with zero attached hydrogens (tertiary/aromatic N) is 1. The van der Waals surface area contributed by atoms with Gasteiger partial charge in [0.25, 0.3) is 0 Å². The van der Waals surface area contributed by atoms with Gasteiger partial charge in [0.15, 0.2) is 0 Å². The summed E-state index contributed by atoms with van der Waals surface area (Å²) < 4.78 is 5.14. The number of nitrogens with one attached hydrogen (secondary N) is 2. The van der Waals surface area contributed by atoms with E-state index in [0.717, 1.165) is 18.7 Å². The Labute approximate surface area is 128 Å². The van der Waals surface area contributed by atoms with E-state index in [1.807, 2.05) is 12.1 Å². The molecule has 6 heteroatoms. The van der Waals surface area contributed by atoms with Crippen LogP contribution in [0.3, 0.4) is 0 Å². The van der Waals surface area contributed by atoms with Crippen LogP contribution in [0.15, 0.2) is 47.1 Å². The molecule has 0 unspecified atom stereocenters. The summed E-state index contributed by atoms with van der Waals surface area (Å²) >= 11 is 0. The maximum Gasteiger partial charge on any atom is 0.319 e. The van der Waals surface area contributed by atoms with E-state index in [0.29, 0.717) is 24.4 Å². The third-order valence-corrected chi connectivity index (χ3v) is 3.51. The lowest BCUT2D eigenvalue weighted by molar-refractivity contribution is -0.117. The maximum atomic E-state index is 11.8. The van der Waals surface area contributed by atoms with E-state index in [1.165, 1.54) is 0 Å². The Bertz CT molecular complexity index is 650. The smallest absolute Gasteiger partial charge is 0.319 e. The number of benzene rings is 1. The fraction of sp³-hybridized carbons (Fsp3) is 0.250. The van der Waals surface area contributed by atoms with Gasteiger partial charge in [-0.3, -0.25) is 4.79 Å². The molecular weight excluding hydrogens is 282 g/mol. The Hall–Kier alpha value is -2.76. The van der Waals surface area contributed by atoms with Crippen molar-refractivity contribution in [3.8, 4) is 0 Å². The van der Waals surface area contributed by atoms with Crippen molar-refractivity contribution in [1.82, 2.24) is 5.32 Å². The lowest BCUT2D eigenvalue weighted by atomic mass is 10.2. The number of carbonyl (C=O) groups is 2. The van der Waals surface area contributed by atoms with Crippen LogP contribution in [0.25, 0.3) is 0 Å². The quantitative estimate of drug-likeness (QED) is 0.911. The molecule has 0 bridgehead atoms. The highest BCUT2D eigenvalue weighted by Gasteiger charge is 2.21. The first-order chi connectivity index (χ1) is 10.7. The number of carbonyl (C=O) groups excluding carboxylic acids is 2. The highest BCUT2D eigenvalue weighted by atomic mass is 16.3. The SMILES string of the molecule is O=C(NCc1ccco1)Nc1ccc(N2CCCC2=O)cc1. The summed E-state index contributed by atoms with van der Waals surface area (Å²) in [6.45, 7) is 1.09. The van der Waals surface area contributed by atoms with Gasteiger partial charge >= 0.3 is 6.03 Å². The van der Waals surface area contributed by atoms with Gasteiger partial charge in [-0.05, 0) is 42.8 Å². The van der Waals surface area contributed by atoms with Crippen molar-refractivity contribution in [2.75, 3.05) is 16.8 Å². The first-order valence-electron chi connectivity index (χ1n) is 7.20. The lowest BCUT2D eigenvalue weighted by Gasteiger charge is -2.16. The van der Waals surface area contributed by atoms with Crippen LogP contribution in [-0.2, 0) is 11.3 Å². The van der Waals surface area contributed by atoms with Gasteiger partial charge < -0.3 is 20.0 Å². The van der Waals surface area contributed by atoms with E-state index < -0.39 is 0 Å². The second-order valence-electron chi connectivity index (χ2n) is 5.08. The summed E-state index contributed by atoms with van der Waals surface area (Å²) in [6, 6.07) is 10.5. The van der Waals surface area contributed by atoms with E-state index in [9.17, 15) is 9.59 Å². The molecule has 1 aliphatic heterocycles. The Morgan fingerprint density at radius 2 is 2.05 bits per heavy atom. The van der Waals surface area contributed by atoms with Crippen molar-refractivity contribution in [2.45, 2.75) is 19.4 Å². The Morgan fingerprint density at radius 3 is 2.68 bits per heavy atom. The molecule has 1 aromatic heterocycles. The van der Waals surface area contributed by atoms with E-state index in [2.05, 4.69) is 10.6 Å². The zero-order chi connectivity index (χ0) is 15.4. The standard InChI is InChI=1S/C16H17N3O3/c20-15-4-1-9-19(15)13-7-5-12(6-8-13)18-16(21)17-11-14-3-2-10-22-14/h2-3,5-8,10H,1,4,9,11H2,(H2,17,18,21). The molecule has 0 saturated carbocycles. The molecule has 0 aliphatic carbocycles.